The molecule has 16 heavy (non-hydrogen) atoms. The first kappa shape index (κ1) is 15.3. The van der Waals surface area contributed by atoms with Crippen LogP contribution in [0.2, 0.25) is 0 Å². The molecule has 1 heterocycles. The van der Waals surface area contributed by atoms with E-state index in [-0.39, 0.29) is 5.56 Å². The Morgan fingerprint density at radius 3 is 2.19 bits per heavy atom. The highest BCUT2D eigenvalue weighted by atomic mass is 35.5. The number of hydrogen-bond donors (Lipinski definition) is 1. The van der Waals surface area contributed by atoms with Crippen LogP contribution in [0.4, 0.5) is 0 Å². The van der Waals surface area contributed by atoms with E-state index in [1.54, 1.807) is 20.9 Å². The maximum atomic E-state index is 10.4. The summed E-state index contributed by atoms with van der Waals surface area (Å²) in [6.45, 7) is 5.39. The first-order valence-electron chi connectivity index (χ1n) is 4.78. The molecule has 0 unspecified atom stereocenters. The summed E-state index contributed by atoms with van der Waals surface area (Å²) in [6.07, 6.45) is 2.29. The minimum absolute atomic E-state index is 0.266. The molecule has 0 saturated heterocycles. The zero-order valence-corrected chi connectivity index (χ0v) is 11.3. The molecule has 0 aliphatic rings. The van der Waals surface area contributed by atoms with Gasteiger partial charge in [-0.05, 0) is 20.3 Å². The van der Waals surface area contributed by atoms with Crippen molar-refractivity contribution >= 4 is 29.2 Å². The lowest BCUT2D eigenvalue weighted by Gasteiger charge is -2.05. The number of aryl methyl sites for hydroxylation is 2. The summed E-state index contributed by atoms with van der Waals surface area (Å²) < 4.78 is 0.971. The molecule has 1 aromatic rings. The topological polar surface area (TPSA) is 55.1 Å². The highest BCUT2D eigenvalue weighted by molar-refractivity contribution is 6.48. The molecular formula is C10H16Cl2N2O2. The SMILES string of the molecule is CCC(C)(Cl)Cl.Cc1nn(C)cc1C(=O)O. The minimum atomic E-state index is -0.925. The van der Waals surface area contributed by atoms with E-state index < -0.39 is 10.3 Å². The van der Waals surface area contributed by atoms with Crippen LogP contribution in [-0.2, 0) is 7.05 Å². The molecule has 0 spiro atoms. The van der Waals surface area contributed by atoms with Crippen LogP contribution < -0.4 is 0 Å². The molecular weight excluding hydrogens is 251 g/mol. The first-order chi connectivity index (χ1) is 7.17. The van der Waals surface area contributed by atoms with Gasteiger partial charge in [0.15, 0.2) is 0 Å². The average Bonchev–Trinajstić information content (AvgIpc) is 2.45. The number of halogens is 2. The predicted molar refractivity (Wildman–Crippen MR) is 65.3 cm³/mol. The van der Waals surface area contributed by atoms with Gasteiger partial charge in [0.1, 0.15) is 9.90 Å². The van der Waals surface area contributed by atoms with Crippen LogP contribution in [0.15, 0.2) is 6.20 Å². The van der Waals surface area contributed by atoms with Crippen LogP contribution >= 0.6 is 23.2 Å². The number of nitrogens with zero attached hydrogens (tertiary/aromatic N) is 2. The summed E-state index contributed by atoms with van der Waals surface area (Å²) in [5, 5.41) is 12.4. The Bertz CT molecular complexity index is 356. The number of aromatic nitrogens is 2. The van der Waals surface area contributed by atoms with E-state index in [0.717, 1.165) is 6.42 Å². The van der Waals surface area contributed by atoms with Gasteiger partial charge in [-0.15, -0.1) is 23.2 Å². The Kier molecular flexibility index (Phi) is 5.83. The lowest BCUT2D eigenvalue weighted by Crippen LogP contribution is -2.00. The van der Waals surface area contributed by atoms with Gasteiger partial charge >= 0.3 is 5.97 Å². The van der Waals surface area contributed by atoms with Gasteiger partial charge in [-0.25, -0.2) is 4.79 Å². The van der Waals surface area contributed by atoms with Crippen molar-refractivity contribution < 1.29 is 9.90 Å². The van der Waals surface area contributed by atoms with E-state index in [4.69, 9.17) is 28.3 Å². The Morgan fingerprint density at radius 2 is 2.06 bits per heavy atom. The van der Waals surface area contributed by atoms with E-state index in [0.29, 0.717) is 5.69 Å². The fraction of sp³-hybridized carbons (Fsp3) is 0.600. The van der Waals surface area contributed by atoms with Crippen LogP contribution in [0.25, 0.3) is 0 Å². The molecule has 0 atom stereocenters. The van der Waals surface area contributed by atoms with Crippen LogP contribution in [0, 0.1) is 6.92 Å². The standard InChI is InChI=1S/C6H8N2O2.C4H8Cl2/c1-4-5(6(9)10)3-8(2)7-4;1-3-4(2,5)6/h3H,1-2H3,(H,9,10);3H2,1-2H3. The summed E-state index contributed by atoms with van der Waals surface area (Å²) in [4.78, 5) is 10.4. The molecule has 1 aromatic heterocycles. The third-order valence-electron chi connectivity index (χ3n) is 1.86. The number of carbonyl (C=O) groups is 1. The Morgan fingerprint density at radius 1 is 1.62 bits per heavy atom. The quantitative estimate of drug-likeness (QED) is 0.838. The normalized spacial score (nSPS) is 10.6. The van der Waals surface area contributed by atoms with E-state index in [1.165, 1.54) is 10.9 Å². The average molecular weight is 267 g/mol. The molecule has 1 rings (SSSR count). The van der Waals surface area contributed by atoms with Crippen LogP contribution in [0.1, 0.15) is 36.3 Å². The Labute approximate surface area is 105 Å². The molecule has 6 heteroatoms. The second kappa shape index (κ2) is 6.11. The lowest BCUT2D eigenvalue weighted by molar-refractivity contribution is 0.0696. The molecule has 0 bridgehead atoms. The summed E-state index contributed by atoms with van der Waals surface area (Å²) in [5.74, 6) is -0.925. The van der Waals surface area contributed by atoms with Crippen molar-refractivity contribution in [1.29, 1.82) is 0 Å². The van der Waals surface area contributed by atoms with Gasteiger partial charge in [-0.1, -0.05) is 6.92 Å². The summed E-state index contributed by atoms with van der Waals surface area (Å²) >= 11 is 11.0. The highest BCUT2D eigenvalue weighted by Gasteiger charge is 2.10. The summed E-state index contributed by atoms with van der Waals surface area (Å²) in [5.41, 5.74) is 0.817. The second-order valence-electron chi connectivity index (χ2n) is 3.53. The third-order valence-corrected chi connectivity index (χ3v) is 2.40. The monoisotopic (exact) mass is 266 g/mol. The van der Waals surface area contributed by atoms with Gasteiger partial charge in [0, 0.05) is 13.2 Å². The Balaban J connectivity index is 0.000000325. The van der Waals surface area contributed by atoms with E-state index in [9.17, 15) is 4.79 Å². The van der Waals surface area contributed by atoms with Crippen molar-refractivity contribution in [2.75, 3.05) is 0 Å². The van der Waals surface area contributed by atoms with Crippen molar-refractivity contribution in [3.63, 3.8) is 0 Å². The summed E-state index contributed by atoms with van der Waals surface area (Å²) in [6, 6.07) is 0. The zero-order valence-electron chi connectivity index (χ0n) is 9.79. The second-order valence-corrected chi connectivity index (χ2v) is 5.39. The largest absolute Gasteiger partial charge is 0.478 e. The molecule has 0 amide bonds. The van der Waals surface area contributed by atoms with Crippen LogP contribution in [0.5, 0.6) is 0 Å². The molecule has 4 nitrogen and oxygen atoms in total. The van der Waals surface area contributed by atoms with Gasteiger partial charge in [0.25, 0.3) is 0 Å². The molecule has 0 aliphatic heterocycles. The van der Waals surface area contributed by atoms with Gasteiger partial charge in [0.05, 0.1) is 5.69 Å². The molecule has 0 fully saturated rings. The van der Waals surface area contributed by atoms with Crippen molar-refractivity contribution in [1.82, 2.24) is 9.78 Å². The van der Waals surface area contributed by atoms with E-state index in [1.807, 2.05) is 6.92 Å². The number of rotatable bonds is 2. The van der Waals surface area contributed by atoms with Crippen molar-refractivity contribution in [2.24, 2.45) is 7.05 Å². The van der Waals surface area contributed by atoms with Gasteiger partial charge in [-0.3, -0.25) is 4.68 Å². The van der Waals surface area contributed by atoms with Crippen LogP contribution in [0.3, 0.4) is 0 Å². The van der Waals surface area contributed by atoms with Crippen molar-refractivity contribution in [2.45, 2.75) is 31.5 Å². The fourth-order valence-corrected chi connectivity index (χ4v) is 0.810. The minimum Gasteiger partial charge on any atom is -0.478 e. The molecule has 0 aliphatic carbocycles. The molecule has 0 radical (unpaired) electrons. The van der Waals surface area contributed by atoms with Gasteiger partial charge in [-0.2, -0.15) is 5.10 Å². The Hall–Kier alpha value is -0.740. The van der Waals surface area contributed by atoms with Crippen molar-refractivity contribution in [3.8, 4) is 0 Å². The number of hydrogen-bond acceptors (Lipinski definition) is 2. The number of carboxylic acids is 1. The molecule has 0 aromatic carbocycles. The number of carboxylic acid groups (broad SMARTS) is 1. The van der Waals surface area contributed by atoms with Crippen molar-refractivity contribution in [3.05, 3.63) is 17.5 Å². The first-order valence-corrected chi connectivity index (χ1v) is 5.54. The van der Waals surface area contributed by atoms with E-state index >= 15 is 0 Å². The van der Waals surface area contributed by atoms with Crippen LogP contribution in [-0.4, -0.2) is 25.2 Å². The van der Waals surface area contributed by atoms with E-state index in [2.05, 4.69) is 5.10 Å². The number of alkyl halides is 2. The molecule has 1 N–H and O–H groups in total. The fourth-order valence-electron chi connectivity index (χ4n) is 0.810. The smallest absolute Gasteiger partial charge is 0.339 e. The van der Waals surface area contributed by atoms with Gasteiger partial charge in [0.2, 0.25) is 0 Å². The van der Waals surface area contributed by atoms with Gasteiger partial charge < -0.3 is 5.11 Å². The maximum Gasteiger partial charge on any atom is 0.339 e. The molecule has 92 valence electrons. The lowest BCUT2D eigenvalue weighted by atomic mass is 10.3. The highest BCUT2D eigenvalue weighted by Crippen LogP contribution is 2.22. The molecule has 0 saturated carbocycles. The predicted octanol–water partition coefficient (Wildman–Crippen LogP) is 3.02. The third kappa shape index (κ3) is 5.98. The maximum absolute atomic E-state index is 10.4. The summed E-state index contributed by atoms with van der Waals surface area (Å²) in [7, 11) is 1.69. The number of aromatic carboxylic acids is 1. The zero-order chi connectivity index (χ0) is 12.9.